The minimum Gasteiger partial charge on any atom is -0.550 e. The van der Waals surface area contributed by atoms with E-state index in [4.69, 9.17) is 4.74 Å². The molecule has 0 amide bonds. The smallest absolute Gasteiger partial charge is 0.305 e. The molecular formula is C29H47O6-. The molecular weight excluding hydrogens is 444 g/mol. The lowest BCUT2D eigenvalue weighted by atomic mass is 9.43. The molecule has 6 nitrogen and oxygen atoms in total. The van der Waals surface area contributed by atoms with Crippen molar-refractivity contribution in [2.45, 2.75) is 116 Å². The summed E-state index contributed by atoms with van der Waals surface area (Å²) in [4.78, 5) is 22.7. The second kappa shape index (κ2) is 10.7. The monoisotopic (exact) mass is 491 g/mol. The molecule has 2 N–H and O–H groups in total. The zero-order valence-electron chi connectivity index (χ0n) is 22.0. The van der Waals surface area contributed by atoms with Crippen LogP contribution in [0, 0.1) is 46.3 Å². The summed E-state index contributed by atoms with van der Waals surface area (Å²) < 4.78 is 5.32. The lowest BCUT2D eigenvalue weighted by Gasteiger charge is -2.62. The fourth-order valence-corrected chi connectivity index (χ4v) is 9.35. The van der Waals surface area contributed by atoms with Gasteiger partial charge < -0.3 is 24.9 Å². The molecule has 0 radical (unpaired) electrons. The van der Waals surface area contributed by atoms with Crippen LogP contribution in [0.1, 0.15) is 104 Å². The maximum absolute atomic E-state index is 12.2. The molecule has 4 fully saturated rings. The molecule has 0 unspecified atom stereocenters. The maximum atomic E-state index is 12.2. The van der Waals surface area contributed by atoms with E-state index in [2.05, 4.69) is 20.8 Å². The first-order chi connectivity index (χ1) is 16.6. The van der Waals surface area contributed by atoms with Crippen molar-refractivity contribution in [1.29, 1.82) is 0 Å². The number of aliphatic carboxylic acids is 1. The molecule has 200 valence electrons. The van der Waals surface area contributed by atoms with E-state index in [9.17, 15) is 24.9 Å². The minimum absolute atomic E-state index is 0.00826. The van der Waals surface area contributed by atoms with Crippen molar-refractivity contribution in [3.63, 3.8) is 0 Å². The Morgan fingerprint density at radius 3 is 2.43 bits per heavy atom. The Hall–Kier alpha value is -1.14. The number of fused-ring (bicyclic) bond motifs is 5. The SMILES string of the molecule is C[C@H](CCC(=O)OCCCCC(=O)[O-])[C@H]1CC[C@H]2[C@@H]3[C@@H](O)C[C@@H]4C[C@H](O)CC[C@]4(C)[C@H]3CC[C@]12C. The highest BCUT2D eigenvalue weighted by Crippen LogP contribution is 2.68. The van der Waals surface area contributed by atoms with Gasteiger partial charge in [0.1, 0.15) is 0 Å². The normalized spacial score (nSPS) is 43.5. The standard InChI is InChI=1S/C29H48O6/c1-18(7-10-26(34)35-15-5-4-6-25(32)33)21-8-9-22-27-23(12-14-29(21,22)3)28(2)13-11-20(30)16-19(28)17-24(27)31/h18-24,27,30-31H,4-17H2,1-3H3,(H,32,33)/p-1/t18-,19+,20-,21-,22+,23+,24+,27+,28+,29-/m1/s1. The van der Waals surface area contributed by atoms with Crippen LogP contribution in [0.25, 0.3) is 0 Å². The molecule has 0 heterocycles. The highest BCUT2D eigenvalue weighted by molar-refractivity contribution is 5.69. The van der Waals surface area contributed by atoms with Crippen LogP contribution in [0.5, 0.6) is 0 Å². The molecule has 0 bridgehead atoms. The zero-order valence-corrected chi connectivity index (χ0v) is 22.0. The second-order valence-electron chi connectivity index (χ2n) is 13.0. The summed E-state index contributed by atoms with van der Waals surface area (Å²) >= 11 is 0. The Morgan fingerprint density at radius 1 is 0.971 bits per heavy atom. The lowest BCUT2D eigenvalue weighted by Crippen LogP contribution is -2.58. The van der Waals surface area contributed by atoms with Crippen molar-refractivity contribution < 1.29 is 29.6 Å². The van der Waals surface area contributed by atoms with Crippen molar-refractivity contribution >= 4 is 11.9 Å². The quantitative estimate of drug-likeness (QED) is 0.375. The topological polar surface area (TPSA) is 107 Å². The number of hydrogen-bond acceptors (Lipinski definition) is 6. The molecule has 4 saturated carbocycles. The number of ether oxygens (including phenoxy) is 1. The number of aliphatic hydroxyl groups excluding tert-OH is 2. The Kier molecular flexibility index (Phi) is 8.22. The number of carboxylic acids is 1. The van der Waals surface area contributed by atoms with Gasteiger partial charge in [0.25, 0.3) is 0 Å². The van der Waals surface area contributed by atoms with Gasteiger partial charge >= 0.3 is 5.97 Å². The number of carboxylic acid groups (broad SMARTS) is 1. The third-order valence-corrected chi connectivity index (χ3v) is 11.3. The average molecular weight is 492 g/mol. The van der Waals surface area contributed by atoms with Gasteiger partial charge in [0.05, 0.1) is 18.8 Å². The number of hydrogen-bond donors (Lipinski definition) is 2. The third-order valence-electron chi connectivity index (χ3n) is 11.3. The summed E-state index contributed by atoms with van der Waals surface area (Å²) in [5, 5.41) is 32.1. The van der Waals surface area contributed by atoms with E-state index in [0.29, 0.717) is 54.8 Å². The third kappa shape index (κ3) is 5.30. The fraction of sp³-hybridized carbons (Fsp3) is 0.931. The molecule has 0 aromatic rings. The number of rotatable bonds is 9. The van der Waals surface area contributed by atoms with E-state index in [1.165, 1.54) is 25.7 Å². The van der Waals surface area contributed by atoms with Crippen LogP contribution < -0.4 is 5.11 Å². The highest BCUT2D eigenvalue weighted by Gasteiger charge is 2.62. The van der Waals surface area contributed by atoms with E-state index in [1.807, 2.05) is 0 Å². The van der Waals surface area contributed by atoms with Gasteiger partial charge in [0.15, 0.2) is 0 Å². The van der Waals surface area contributed by atoms with Crippen molar-refractivity contribution in [1.82, 2.24) is 0 Å². The fourth-order valence-electron chi connectivity index (χ4n) is 9.35. The molecule has 6 heteroatoms. The second-order valence-corrected chi connectivity index (χ2v) is 13.0. The molecule has 4 aliphatic carbocycles. The molecule has 0 aromatic carbocycles. The van der Waals surface area contributed by atoms with E-state index >= 15 is 0 Å². The van der Waals surface area contributed by atoms with Crippen LogP contribution in [-0.2, 0) is 14.3 Å². The van der Waals surface area contributed by atoms with Crippen LogP contribution in [-0.4, -0.2) is 41.0 Å². The summed E-state index contributed by atoms with van der Waals surface area (Å²) in [5.41, 5.74) is 0.465. The van der Waals surface area contributed by atoms with E-state index in [0.717, 1.165) is 32.1 Å². The summed E-state index contributed by atoms with van der Waals surface area (Å²) in [6, 6.07) is 0. The first-order valence-corrected chi connectivity index (χ1v) is 14.3. The molecule has 4 rings (SSSR count). The van der Waals surface area contributed by atoms with Gasteiger partial charge in [-0.25, -0.2) is 0 Å². The molecule has 0 saturated heterocycles. The van der Waals surface area contributed by atoms with Crippen LogP contribution in [0.4, 0.5) is 0 Å². The summed E-state index contributed by atoms with van der Waals surface area (Å²) in [6.07, 6.45) is 10.2. The van der Waals surface area contributed by atoms with Gasteiger partial charge in [-0.05, 0) is 123 Å². The number of aliphatic hydroxyl groups is 2. The number of esters is 1. The summed E-state index contributed by atoms with van der Waals surface area (Å²) in [6.45, 7) is 7.48. The number of unbranched alkanes of at least 4 members (excludes halogenated alkanes) is 1. The molecule has 35 heavy (non-hydrogen) atoms. The van der Waals surface area contributed by atoms with Gasteiger partial charge in [-0.15, -0.1) is 0 Å². The van der Waals surface area contributed by atoms with E-state index in [-0.39, 0.29) is 42.0 Å². The Morgan fingerprint density at radius 2 is 1.69 bits per heavy atom. The Bertz CT molecular complexity index is 768. The van der Waals surface area contributed by atoms with E-state index in [1.54, 1.807) is 0 Å². The average Bonchev–Trinajstić information content (AvgIpc) is 3.15. The zero-order chi connectivity index (χ0) is 25.4. The molecule has 4 aliphatic rings. The summed E-state index contributed by atoms with van der Waals surface area (Å²) in [5.74, 6) is 1.66. The molecule has 0 aliphatic heterocycles. The first kappa shape index (κ1) is 26.9. The van der Waals surface area contributed by atoms with Crippen molar-refractivity contribution in [2.24, 2.45) is 46.3 Å². The van der Waals surface area contributed by atoms with E-state index < -0.39 is 5.97 Å². The molecule has 0 aromatic heterocycles. The van der Waals surface area contributed by atoms with Crippen LogP contribution in [0.3, 0.4) is 0 Å². The Balaban J connectivity index is 1.33. The summed E-state index contributed by atoms with van der Waals surface area (Å²) in [7, 11) is 0. The number of carbonyl (C=O) groups excluding carboxylic acids is 2. The predicted octanol–water partition coefficient (Wildman–Crippen LogP) is 3.86. The number of carbonyl (C=O) groups is 2. The first-order valence-electron chi connectivity index (χ1n) is 14.3. The maximum Gasteiger partial charge on any atom is 0.305 e. The van der Waals surface area contributed by atoms with Crippen molar-refractivity contribution in [3.8, 4) is 0 Å². The minimum atomic E-state index is -1.06. The van der Waals surface area contributed by atoms with Gasteiger partial charge in [0, 0.05) is 12.4 Å². The van der Waals surface area contributed by atoms with Crippen LogP contribution in [0.2, 0.25) is 0 Å². The highest BCUT2D eigenvalue weighted by atomic mass is 16.5. The van der Waals surface area contributed by atoms with Gasteiger partial charge in [0.2, 0.25) is 0 Å². The lowest BCUT2D eigenvalue weighted by molar-refractivity contribution is -0.305. The van der Waals surface area contributed by atoms with Crippen LogP contribution >= 0.6 is 0 Å². The van der Waals surface area contributed by atoms with Crippen molar-refractivity contribution in [3.05, 3.63) is 0 Å². The largest absolute Gasteiger partial charge is 0.550 e. The van der Waals surface area contributed by atoms with Crippen LogP contribution in [0.15, 0.2) is 0 Å². The Labute approximate surface area is 211 Å². The molecule has 10 atom stereocenters. The van der Waals surface area contributed by atoms with Gasteiger partial charge in [-0.1, -0.05) is 20.8 Å². The van der Waals surface area contributed by atoms with Gasteiger partial charge in [-0.3, -0.25) is 4.79 Å². The van der Waals surface area contributed by atoms with Crippen molar-refractivity contribution in [2.75, 3.05) is 6.61 Å². The van der Waals surface area contributed by atoms with Gasteiger partial charge in [-0.2, -0.15) is 0 Å². The predicted molar refractivity (Wildman–Crippen MR) is 131 cm³/mol. The molecule has 0 spiro atoms.